The second-order valence-corrected chi connectivity index (χ2v) is 5.81. The molecule has 2 aliphatic heterocycles. The maximum atomic E-state index is 12.1. The molecule has 1 aromatic heterocycles. The molecule has 1 fully saturated rings. The van der Waals surface area contributed by atoms with Gasteiger partial charge in [-0.2, -0.15) is 5.10 Å². The van der Waals surface area contributed by atoms with Gasteiger partial charge in [0.1, 0.15) is 5.82 Å². The lowest BCUT2D eigenvalue weighted by Crippen LogP contribution is -2.38. The van der Waals surface area contributed by atoms with Crippen LogP contribution in [0, 0.1) is 0 Å². The minimum absolute atomic E-state index is 0.00410. The summed E-state index contributed by atoms with van der Waals surface area (Å²) < 4.78 is 3.33. The number of rotatable bonds is 4. The SMILES string of the molecule is O=C(NCCCn1nc2n(c1=O)CCCC2)N1CCCC1. The number of aryl methyl sites for hydroxylation is 2. The van der Waals surface area contributed by atoms with Crippen molar-refractivity contribution in [2.75, 3.05) is 19.6 Å². The van der Waals surface area contributed by atoms with Gasteiger partial charge in [-0.05, 0) is 32.1 Å². The Balaban J connectivity index is 1.46. The smallest absolute Gasteiger partial charge is 0.338 e. The summed E-state index contributed by atoms with van der Waals surface area (Å²) in [6, 6.07) is 0.0176. The summed E-state index contributed by atoms with van der Waals surface area (Å²) in [7, 11) is 0. The zero-order valence-corrected chi connectivity index (χ0v) is 12.4. The number of fused-ring (bicyclic) bond motifs is 1. The lowest BCUT2D eigenvalue weighted by atomic mass is 10.2. The molecule has 3 heterocycles. The first-order valence-electron chi connectivity index (χ1n) is 7.95. The monoisotopic (exact) mass is 293 g/mol. The molecule has 116 valence electrons. The molecule has 1 aromatic rings. The van der Waals surface area contributed by atoms with Crippen molar-refractivity contribution in [1.82, 2.24) is 24.6 Å². The van der Waals surface area contributed by atoms with Crippen LogP contribution in [0.25, 0.3) is 0 Å². The van der Waals surface area contributed by atoms with Gasteiger partial charge in [-0.25, -0.2) is 14.3 Å². The molecule has 7 heteroatoms. The van der Waals surface area contributed by atoms with Crippen LogP contribution >= 0.6 is 0 Å². The van der Waals surface area contributed by atoms with Crippen molar-refractivity contribution < 1.29 is 4.79 Å². The molecule has 2 aliphatic rings. The molecule has 0 atom stereocenters. The van der Waals surface area contributed by atoms with Gasteiger partial charge in [-0.1, -0.05) is 0 Å². The summed E-state index contributed by atoms with van der Waals surface area (Å²) >= 11 is 0. The van der Waals surface area contributed by atoms with E-state index >= 15 is 0 Å². The molecule has 7 nitrogen and oxygen atoms in total. The number of amides is 2. The van der Waals surface area contributed by atoms with Crippen molar-refractivity contribution in [1.29, 1.82) is 0 Å². The zero-order valence-electron chi connectivity index (χ0n) is 12.4. The fraction of sp³-hybridized carbons (Fsp3) is 0.786. The van der Waals surface area contributed by atoms with Crippen LogP contribution in [0.1, 0.15) is 37.9 Å². The molecule has 3 rings (SSSR count). The number of aromatic nitrogens is 3. The summed E-state index contributed by atoms with van der Waals surface area (Å²) in [6.45, 7) is 3.67. The van der Waals surface area contributed by atoms with Gasteiger partial charge < -0.3 is 10.2 Å². The average Bonchev–Trinajstić information content (AvgIpc) is 3.13. The van der Waals surface area contributed by atoms with Crippen molar-refractivity contribution in [2.45, 2.75) is 51.6 Å². The van der Waals surface area contributed by atoms with E-state index in [2.05, 4.69) is 10.4 Å². The molecule has 2 amide bonds. The van der Waals surface area contributed by atoms with E-state index in [1.165, 1.54) is 0 Å². The predicted molar refractivity (Wildman–Crippen MR) is 78.2 cm³/mol. The highest BCUT2D eigenvalue weighted by atomic mass is 16.2. The van der Waals surface area contributed by atoms with E-state index in [0.29, 0.717) is 13.1 Å². The highest BCUT2D eigenvalue weighted by molar-refractivity contribution is 5.74. The second-order valence-electron chi connectivity index (χ2n) is 5.81. The Bertz CT molecular complexity index is 556. The minimum atomic E-state index is -0.00410. The number of urea groups is 1. The van der Waals surface area contributed by atoms with Crippen LogP contribution in [-0.2, 0) is 19.5 Å². The van der Waals surface area contributed by atoms with Gasteiger partial charge >= 0.3 is 11.7 Å². The maximum absolute atomic E-state index is 12.1. The molecular weight excluding hydrogens is 270 g/mol. The number of likely N-dealkylation sites (tertiary alicyclic amines) is 1. The predicted octanol–water partition coefficient (Wildman–Crippen LogP) is 0.577. The van der Waals surface area contributed by atoms with Gasteiger partial charge in [0.2, 0.25) is 0 Å². The highest BCUT2D eigenvalue weighted by Gasteiger charge is 2.18. The van der Waals surface area contributed by atoms with Gasteiger partial charge in [0.15, 0.2) is 0 Å². The molecular formula is C14H23N5O2. The lowest BCUT2D eigenvalue weighted by molar-refractivity contribution is 0.208. The number of nitrogens with one attached hydrogen (secondary N) is 1. The average molecular weight is 293 g/mol. The quantitative estimate of drug-likeness (QED) is 0.825. The van der Waals surface area contributed by atoms with E-state index in [-0.39, 0.29) is 11.7 Å². The van der Waals surface area contributed by atoms with E-state index in [0.717, 1.165) is 64.0 Å². The van der Waals surface area contributed by atoms with Crippen LogP contribution in [0.15, 0.2) is 4.79 Å². The lowest BCUT2D eigenvalue weighted by Gasteiger charge is -2.15. The fourth-order valence-electron chi connectivity index (χ4n) is 3.05. The third-order valence-electron chi connectivity index (χ3n) is 4.25. The highest BCUT2D eigenvalue weighted by Crippen LogP contribution is 2.09. The third-order valence-corrected chi connectivity index (χ3v) is 4.25. The summed E-state index contributed by atoms with van der Waals surface area (Å²) in [6.07, 6.45) is 6.00. The molecule has 0 bridgehead atoms. The Morgan fingerprint density at radius 2 is 1.90 bits per heavy atom. The van der Waals surface area contributed by atoms with Crippen LogP contribution < -0.4 is 11.0 Å². The Kier molecular flexibility index (Phi) is 4.26. The zero-order chi connectivity index (χ0) is 14.7. The van der Waals surface area contributed by atoms with Crippen LogP contribution in [0.5, 0.6) is 0 Å². The van der Waals surface area contributed by atoms with Crippen molar-refractivity contribution >= 4 is 6.03 Å². The number of hydrogen-bond donors (Lipinski definition) is 1. The molecule has 0 radical (unpaired) electrons. The van der Waals surface area contributed by atoms with Crippen molar-refractivity contribution in [3.63, 3.8) is 0 Å². The van der Waals surface area contributed by atoms with Gasteiger partial charge in [0.25, 0.3) is 0 Å². The van der Waals surface area contributed by atoms with Crippen LogP contribution in [0.2, 0.25) is 0 Å². The standard InChI is InChI=1S/C14H23N5O2/c20-13(17-8-3-4-9-17)15-7-5-11-19-14(21)18-10-2-1-6-12(18)16-19/h1-11H2,(H,15,20). The van der Waals surface area contributed by atoms with E-state index in [1.807, 2.05) is 4.90 Å². The van der Waals surface area contributed by atoms with Gasteiger partial charge in [-0.15, -0.1) is 0 Å². The van der Waals surface area contributed by atoms with Crippen molar-refractivity contribution in [2.24, 2.45) is 0 Å². The molecule has 21 heavy (non-hydrogen) atoms. The molecule has 0 aliphatic carbocycles. The van der Waals surface area contributed by atoms with E-state index in [1.54, 1.807) is 9.25 Å². The summed E-state index contributed by atoms with van der Waals surface area (Å²) in [5.74, 6) is 0.910. The molecule has 0 spiro atoms. The van der Waals surface area contributed by atoms with E-state index in [9.17, 15) is 9.59 Å². The number of carbonyl (C=O) groups excluding carboxylic acids is 1. The first kappa shape index (κ1) is 14.2. The largest absolute Gasteiger partial charge is 0.345 e. The Morgan fingerprint density at radius 3 is 2.67 bits per heavy atom. The molecule has 1 saturated heterocycles. The first-order chi connectivity index (χ1) is 10.3. The van der Waals surface area contributed by atoms with Crippen LogP contribution in [0.3, 0.4) is 0 Å². The molecule has 0 saturated carbocycles. The summed E-state index contributed by atoms with van der Waals surface area (Å²) in [5, 5.41) is 7.30. The normalized spacial score (nSPS) is 17.8. The third kappa shape index (κ3) is 3.11. The van der Waals surface area contributed by atoms with Crippen molar-refractivity contribution in [3.8, 4) is 0 Å². The number of nitrogens with zero attached hydrogens (tertiary/aromatic N) is 4. The van der Waals surface area contributed by atoms with Gasteiger partial charge in [0.05, 0.1) is 0 Å². The topological polar surface area (TPSA) is 72.2 Å². The van der Waals surface area contributed by atoms with E-state index < -0.39 is 0 Å². The second kappa shape index (κ2) is 6.32. The molecule has 1 N–H and O–H groups in total. The summed E-state index contributed by atoms with van der Waals surface area (Å²) in [4.78, 5) is 25.8. The molecule has 0 aromatic carbocycles. The summed E-state index contributed by atoms with van der Waals surface area (Å²) in [5.41, 5.74) is -0.00410. The Hall–Kier alpha value is -1.79. The maximum Gasteiger partial charge on any atom is 0.345 e. The number of carbonyl (C=O) groups is 1. The fourth-order valence-corrected chi connectivity index (χ4v) is 3.05. The van der Waals surface area contributed by atoms with Crippen molar-refractivity contribution in [3.05, 3.63) is 16.3 Å². The molecule has 0 unspecified atom stereocenters. The van der Waals surface area contributed by atoms with E-state index in [4.69, 9.17) is 0 Å². The van der Waals surface area contributed by atoms with Gasteiger partial charge in [-0.3, -0.25) is 4.57 Å². The number of hydrogen-bond acceptors (Lipinski definition) is 3. The van der Waals surface area contributed by atoms with Gasteiger partial charge in [0, 0.05) is 39.1 Å². The van der Waals surface area contributed by atoms with Crippen LogP contribution in [0.4, 0.5) is 4.79 Å². The first-order valence-corrected chi connectivity index (χ1v) is 7.95. The minimum Gasteiger partial charge on any atom is -0.338 e. The Labute approximate surface area is 123 Å². The van der Waals surface area contributed by atoms with Crippen LogP contribution in [-0.4, -0.2) is 44.9 Å². The Morgan fingerprint density at radius 1 is 1.14 bits per heavy atom.